The number of aliphatic hydroxyl groups excluding tert-OH is 1. The highest BCUT2D eigenvalue weighted by Gasteiger charge is 2.30. The van der Waals surface area contributed by atoms with Gasteiger partial charge in [0.2, 0.25) is 10.0 Å². The molecular formula is C20H25FN2O5S. The van der Waals surface area contributed by atoms with Crippen LogP contribution in [-0.2, 0) is 10.0 Å². The van der Waals surface area contributed by atoms with E-state index in [9.17, 15) is 17.9 Å². The highest BCUT2D eigenvalue weighted by Crippen LogP contribution is 2.31. The Balaban J connectivity index is 1.64. The van der Waals surface area contributed by atoms with E-state index in [4.69, 9.17) is 9.47 Å². The second-order valence-electron chi connectivity index (χ2n) is 6.79. The van der Waals surface area contributed by atoms with Crippen molar-refractivity contribution in [3.8, 4) is 11.5 Å². The van der Waals surface area contributed by atoms with Gasteiger partial charge in [0.25, 0.3) is 0 Å². The van der Waals surface area contributed by atoms with Crippen molar-refractivity contribution in [2.24, 2.45) is 0 Å². The molecule has 1 aliphatic rings. The quantitative estimate of drug-likeness (QED) is 0.731. The van der Waals surface area contributed by atoms with Gasteiger partial charge < -0.3 is 14.6 Å². The predicted molar refractivity (Wildman–Crippen MR) is 106 cm³/mol. The number of ether oxygens (including phenoxy) is 2. The summed E-state index contributed by atoms with van der Waals surface area (Å²) in [5, 5.41) is 10.3. The van der Waals surface area contributed by atoms with E-state index in [-0.39, 0.29) is 4.90 Å². The summed E-state index contributed by atoms with van der Waals surface area (Å²) in [5.74, 6) is 0.417. The fraction of sp³-hybridized carbons (Fsp3) is 0.400. The Kier molecular flexibility index (Phi) is 6.74. The van der Waals surface area contributed by atoms with Crippen LogP contribution in [0.1, 0.15) is 11.7 Å². The topological polar surface area (TPSA) is 79.3 Å². The van der Waals surface area contributed by atoms with Gasteiger partial charge in [-0.05, 0) is 29.8 Å². The average Bonchev–Trinajstić information content (AvgIpc) is 2.73. The summed E-state index contributed by atoms with van der Waals surface area (Å²) in [4.78, 5) is 2.11. The number of nitrogens with zero attached hydrogens (tertiary/aromatic N) is 2. The number of rotatable bonds is 7. The summed E-state index contributed by atoms with van der Waals surface area (Å²) in [5.41, 5.74) is 0.505. The smallest absolute Gasteiger partial charge is 0.243 e. The molecule has 0 aromatic heterocycles. The van der Waals surface area contributed by atoms with Crippen molar-refractivity contribution in [3.05, 3.63) is 53.8 Å². The van der Waals surface area contributed by atoms with Gasteiger partial charge in [-0.1, -0.05) is 12.1 Å². The largest absolute Gasteiger partial charge is 0.493 e. The van der Waals surface area contributed by atoms with Gasteiger partial charge in [-0.3, -0.25) is 4.90 Å². The van der Waals surface area contributed by atoms with Gasteiger partial charge in [0.05, 0.1) is 25.2 Å². The van der Waals surface area contributed by atoms with Gasteiger partial charge in [0.1, 0.15) is 5.82 Å². The van der Waals surface area contributed by atoms with E-state index in [1.807, 2.05) is 4.90 Å². The maximum atomic E-state index is 13.3. The first-order chi connectivity index (χ1) is 13.8. The van der Waals surface area contributed by atoms with Crippen molar-refractivity contribution < 1.29 is 27.4 Å². The second kappa shape index (κ2) is 9.08. The first-order valence-corrected chi connectivity index (χ1v) is 10.7. The molecule has 2 aromatic carbocycles. The minimum atomic E-state index is -3.67. The standard InChI is InChI=1S/C20H25FN2O5S/c1-27-19-7-6-17(13-20(19)28-2)29(25,26)23-10-8-22(9-11-23)14-18(24)15-4-3-5-16(21)12-15/h3-7,12-13,18,24H,8-11,14H2,1-2H3. The molecule has 0 amide bonds. The zero-order valence-corrected chi connectivity index (χ0v) is 17.2. The maximum Gasteiger partial charge on any atom is 0.243 e. The first-order valence-electron chi connectivity index (χ1n) is 9.23. The summed E-state index contributed by atoms with van der Waals surface area (Å²) in [6.07, 6.45) is -0.834. The SMILES string of the molecule is COc1ccc(S(=O)(=O)N2CCN(CC(O)c3cccc(F)c3)CC2)cc1OC. The van der Waals surface area contributed by atoms with Crippen LogP contribution < -0.4 is 9.47 Å². The van der Waals surface area contributed by atoms with Crippen LogP contribution >= 0.6 is 0 Å². The average molecular weight is 424 g/mol. The van der Waals surface area contributed by atoms with E-state index in [1.165, 1.54) is 42.8 Å². The molecular weight excluding hydrogens is 399 g/mol. The van der Waals surface area contributed by atoms with E-state index in [1.54, 1.807) is 18.2 Å². The lowest BCUT2D eigenvalue weighted by atomic mass is 10.1. The third-order valence-electron chi connectivity index (χ3n) is 4.99. The molecule has 7 nitrogen and oxygen atoms in total. The van der Waals surface area contributed by atoms with Gasteiger partial charge in [-0.15, -0.1) is 0 Å². The minimum absolute atomic E-state index is 0.142. The number of β-amino-alcohol motifs (C(OH)–C–C–N with tert-alkyl or cyclic N) is 1. The van der Waals surface area contributed by atoms with E-state index < -0.39 is 21.9 Å². The number of benzene rings is 2. The number of hydrogen-bond acceptors (Lipinski definition) is 6. The number of hydrogen-bond donors (Lipinski definition) is 1. The summed E-state index contributed by atoms with van der Waals surface area (Å²) in [6, 6.07) is 10.4. The normalized spacial score (nSPS) is 17.1. The monoisotopic (exact) mass is 424 g/mol. The second-order valence-corrected chi connectivity index (χ2v) is 8.73. The molecule has 1 saturated heterocycles. The lowest BCUT2D eigenvalue weighted by Gasteiger charge is -2.35. The van der Waals surface area contributed by atoms with Gasteiger partial charge in [0.15, 0.2) is 11.5 Å². The van der Waals surface area contributed by atoms with Crippen molar-refractivity contribution >= 4 is 10.0 Å². The molecule has 0 spiro atoms. The number of methoxy groups -OCH3 is 2. The molecule has 1 unspecified atom stereocenters. The summed E-state index contributed by atoms with van der Waals surface area (Å²) in [6.45, 7) is 1.85. The van der Waals surface area contributed by atoms with Crippen LogP contribution in [-0.4, -0.2) is 69.7 Å². The molecule has 3 rings (SSSR count). The minimum Gasteiger partial charge on any atom is -0.493 e. The Morgan fingerprint density at radius 1 is 1.03 bits per heavy atom. The van der Waals surface area contributed by atoms with E-state index >= 15 is 0 Å². The highest BCUT2D eigenvalue weighted by molar-refractivity contribution is 7.89. The van der Waals surface area contributed by atoms with Crippen LogP contribution in [0.25, 0.3) is 0 Å². The Morgan fingerprint density at radius 3 is 2.34 bits per heavy atom. The predicted octanol–water partition coefficient (Wildman–Crippen LogP) is 1.88. The van der Waals surface area contributed by atoms with E-state index in [0.717, 1.165) is 0 Å². The molecule has 0 saturated carbocycles. The summed E-state index contributed by atoms with van der Waals surface area (Å²) < 4.78 is 51.0. The van der Waals surface area contributed by atoms with Crippen LogP contribution in [0, 0.1) is 5.82 Å². The van der Waals surface area contributed by atoms with Crippen molar-refractivity contribution in [1.82, 2.24) is 9.21 Å². The lowest BCUT2D eigenvalue weighted by molar-refractivity contribution is 0.0919. The number of halogens is 1. The Morgan fingerprint density at radius 2 is 1.72 bits per heavy atom. The summed E-state index contributed by atoms with van der Waals surface area (Å²) in [7, 11) is -0.725. The third kappa shape index (κ3) is 4.87. The molecule has 1 atom stereocenters. The number of sulfonamides is 1. The first kappa shape index (κ1) is 21.5. The molecule has 9 heteroatoms. The molecule has 1 aliphatic heterocycles. The number of piperazine rings is 1. The fourth-order valence-electron chi connectivity index (χ4n) is 3.34. The van der Waals surface area contributed by atoms with Gasteiger partial charge in [-0.25, -0.2) is 12.8 Å². The van der Waals surface area contributed by atoms with E-state index in [2.05, 4.69) is 0 Å². The van der Waals surface area contributed by atoms with Crippen molar-refractivity contribution in [1.29, 1.82) is 0 Å². The Hall–Kier alpha value is -2.20. The molecule has 2 aromatic rings. The molecule has 0 radical (unpaired) electrons. The van der Waals surface area contributed by atoms with Gasteiger partial charge in [0, 0.05) is 38.8 Å². The molecule has 1 N–H and O–H groups in total. The van der Waals surface area contributed by atoms with E-state index in [0.29, 0.717) is 49.8 Å². The maximum absolute atomic E-state index is 13.3. The van der Waals surface area contributed by atoms with Crippen molar-refractivity contribution in [2.75, 3.05) is 46.9 Å². The molecule has 0 bridgehead atoms. The molecule has 1 heterocycles. The number of aliphatic hydroxyl groups is 1. The zero-order valence-electron chi connectivity index (χ0n) is 16.4. The molecule has 1 fully saturated rings. The summed E-state index contributed by atoms with van der Waals surface area (Å²) >= 11 is 0. The highest BCUT2D eigenvalue weighted by atomic mass is 32.2. The van der Waals surface area contributed by atoms with Crippen molar-refractivity contribution in [3.63, 3.8) is 0 Å². The zero-order chi connectivity index (χ0) is 21.0. The van der Waals surface area contributed by atoms with Crippen LogP contribution in [0.15, 0.2) is 47.4 Å². The third-order valence-corrected chi connectivity index (χ3v) is 6.88. The van der Waals surface area contributed by atoms with Gasteiger partial charge >= 0.3 is 0 Å². The Labute approximate surface area is 170 Å². The van der Waals surface area contributed by atoms with Crippen LogP contribution in [0.2, 0.25) is 0 Å². The van der Waals surface area contributed by atoms with Gasteiger partial charge in [-0.2, -0.15) is 4.31 Å². The van der Waals surface area contributed by atoms with Crippen LogP contribution in [0.4, 0.5) is 4.39 Å². The van der Waals surface area contributed by atoms with Crippen molar-refractivity contribution in [2.45, 2.75) is 11.0 Å². The van der Waals surface area contributed by atoms with Crippen LogP contribution in [0.5, 0.6) is 11.5 Å². The Bertz CT molecular complexity index is 946. The fourth-order valence-corrected chi connectivity index (χ4v) is 4.78. The molecule has 0 aliphatic carbocycles. The molecule has 158 valence electrons. The molecule has 29 heavy (non-hydrogen) atoms. The lowest BCUT2D eigenvalue weighted by Crippen LogP contribution is -2.49. The van der Waals surface area contributed by atoms with Crippen LogP contribution in [0.3, 0.4) is 0 Å².